The van der Waals surface area contributed by atoms with Crippen LogP contribution in [0.15, 0.2) is 46.9 Å². The minimum absolute atomic E-state index is 0.0994. The average molecular weight is 331 g/mol. The fourth-order valence-electron chi connectivity index (χ4n) is 1.97. The van der Waals surface area contributed by atoms with Crippen LogP contribution in [0.3, 0.4) is 0 Å². The lowest BCUT2D eigenvalue weighted by Crippen LogP contribution is -2.07. The highest BCUT2D eigenvalue weighted by molar-refractivity contribution is 9.10. The number of nitrogens with zero attached hydrogens (tertiary/aromatic N) is 1. The van der Waals surface area contributed by atoms with E-state index in [4.69, 9.17) is 10.00 Å². The molecule has 0 fully saturated rings. The first-order valence-corrected chi connectivity index (χ1v) is 7.03. The molecule has 0 aliphatic heterocycles. The van der Waals surface area contributed by atoms with Crippen LogP contribution in [0.5, 0.6) is 5.75 Å². The van der Waals surface area contributed by atoms with E-state index in [9.17, 15) is 0 Å². The maximum absolute atomic E-state index is 8.95. The molecule has 1 N–H and O–H groups in total. The molecule has 0 saturated heterocycles. The molecule has 2 aromatic rings. The third-order valence-corrected chi connectivity index (χ3v) is 3.46. The van der Waals surface area contributed by atoms with Gasteiger partial charge in [-0.05, 0) is 36.8 Å². The summed E-state index contributed by atoms with van der Waals surface area (Å²) < 4.78 is 6.20. The Kier molecular flexibility index (Phi) is 4.65. The second-order valence-corrected chi connectivity index (χ2v) is 5.40. The predicted molar refractivity (Wildman–Crippen MR) is 83.9 cm³/mol. The van der Waals surface area contributed by atoms with Crippen molar-refractivity contribution in [2.45, 2.75) is 13.0 Å². The first-order chi connectivity index (χ1) is 9.62. The minimum atomic E-state index is 0.0994. The van der Waals surface area contributed by atoms with Crippen molar-refractivity contribution in [2.24, 2.45) is 0 Å². The summed E-state index contributed by atoms with van der Waals surface area (Å²) >= 11 is 3.46. The summed E-state index contributed by atoms with van der Waals surface area (Å²) in [5.41, 5.74) is 2.71. The summed E-state index contributed by atoms with van der Waals surface area (Å²) in [6, 6.07) is 15.7. The SMILES string of the molecule is COc1cc(Br)cc(NC(C)c2cccc(C#N)c2)c1. The van der Waals surface area contributed by atoms with Crippen LogP contribution in [0.4, 0.5) is 5.69 Å². The number of anilines is 1. The van der Waals surface area contributed by atoms with E-state index in [1.54, 1.807) is 13.2 Å². The minimum Gasteiger partial charge on any atom is -0.497 e. The van der Waals surface area contributed by atoms with Crippen molar-refractivity contribution in [1.82, 2.24) is 0 Å². The Morgan fingerprint density at radius 2 is 2.05 bits per heavy atom. The summed E-state index contributed by atoms with van der Waals surface area (Å²) in [6.07, 6.45) is 0. The molecule has 0 amide bonds. The normalized spacial score (nSPS) is 11.5. The summed E-state index contributed by atoms with van der Waals surface area (Å²) in [7, 11) is 1.64. The van der Waals surface area contributed by atoms with Crippen LogP contribution in [0.1, 0.15) is 24.1 Å². The second kappa shape index (κ2) is 6.44. The fourth-order valence-corrected chi connectivity index (χ4v) is 2.45. The largest absolute Gasteiger partial charge is 0.497 e. The van der Waals surface area contributed by atoms with Gasteiger partial charge in [0.25, 0.3) is 0 Å². The van der Waals surface area contributed by atoms with Gasteiger partial charge in [-0.15, -0.1) is 0 Å². The number of halogens is 1. The fraction of sp³-hybridized carbons (Fsp3) is 0.188. The van der Waals surface area contributed by atoms with Gasteiger partial charge >= 0.3 is 0 Å². The first kappa shape index (κ1) is 14.4. The van der Waals surface area contributed by atoms with Gasteiger partial charge in [-0.2, -0.15) is 5.26 Å². The third kappa shape index (κ3) is 3.52. The molecule has 0 aromatic heterocycles. The number of hydrogen-bond acceptors (Lipinski definition) is 3. The van der Waals surface area contributed by atoms with Crippen LogP contribution < -0.4 is 10.1 Å². The van der Waals surface area contributed by atoms with E-state index in [0.29, 0.717) is 5.56 Å². The number of nitrogens with one attached hydrogen (secondary N) is 1. The molecular weight excluding hydrogens is 316 g/mol. The van der Waals surface area contributed by atoms with Gasteiger partial charge in [0, 0.05) is 22.3 Å². The van der Waals surface area contributed by atoms with Gasteiger partial charge in [-0.25, -0.2) is 0 Å². The molecule has 0 heterocycles. The average Bonchev–Trinajstić information content (AvgIpc) is 2.46. The Labute approximate surface area is 127 Å². The molecule has 0 aliphatic carbocycles. The second-order valence-electron chi connectivity index (χ2n) is 4.48. The van der Waals surface area contributed by atoms with Crippen LogP contribution in [0.25, 0.3) is 0 Å². The Balaban J connectivity index is 2.20. The van der Waals surface area contributed by atoms with E-state index in [2.05, 4.69) is 34.2 Å². The van der Waals surface area contributed by atoms with Crippen molar-refractivity contribution in [1.29, 1.82) is 5.26 Å². The molecule has 0 radical (unpaired) electrons. The van der Waals surface area contributed by atoms with Crippen LogP contribution >= 0.6 is 15.9 Å². The van der Waals surface area contributed by atoms with Crippen molar-refractivity contribution in [3.8, 4) is 11.8 Å². The Morgan fingerprint density at radius 3 is 2.75 bits per heavy atom. The Bertz CT molecular complexity index is 649. The van der Waals surface area contributed by atoms with Gasteiger partial charge in [0.15, 0.2) is 0 Å². The maximum Gasteiger partial charge on any atom is 0.122 e. The molecule has 3 nitrogen and oxygen atoms in total. The van der Waals surface area contributed by atoms with Crippen molar-refractivity contribution in [3.63, 3.8) is 0 Å². The van der Waals surface area contributed by atoms with Gasteiger partial charge in [0.2, 0.25) is 0 Å². The molecule has 1 unspecified atom stereocenters. The molecule has 102 valence electrons. The van der Waals surface area contributed by atoms with Crippen LogP contribution in [-0.4, -0.2) is 7.11 Å². The molecule has 0 aliphatic rings. The van der Waals surface area contributed by atoms with Crippen molar-refractivity contribution in [2.75, 3.05) is 12.4 Å². The molecule has 2 aromatic carbocycles. The number of ether oxygens (including phenoxy) is 1. The predicted octanol–water partition coefficient (Wildman–Crippen LogP) is 4.50. The number of methoxy groups -OCH3 is 1. The molecule has 4 heteroatoms. The molecule has 0 bridgehead atoms. The highest BCUT2D eigenvalue weighted by Gasteiger charge is 2.07. The summed E-state index contributed by atoms with van der Waals surface area (Å²) in [4.78, 5) is 0. The molecule has 0 saturated carbocycles. The number of hydrogen-bond donors (Lipinski definition) is 1. The lowest BCUT2D eigenvalue weighted by molar-refractivity contribution is 0.414. The Morgan fingerprint density at radius 1 is 1.25 bits per heavy atom. The maximum atomic E-state index is 8.95. The first-order valence-electron chi connectivity index (χ1n) is 6.23. The van der Waals surface area contributed by atoms with Gasteiger partial charge in [0.1, 0.15) is 5.75 Å². The van der Waals surface area contributed by atoms with E-state index in [-0.39, 0.29) is 6.04 Å². The van der Waals surface area contributed by atoms with Crippen LogP contribution in [0.2, 0.25) is 0 Å². The van der Waals surface area contributed by atoms with Gasteiger partial charge in [-0.3, -0.25) is 0 Å². The summed E-state index contributed by atoms with van der Waals surface area (Å²) in [6.45, 7) is 2.06. The van der Waals surface area contributed by atoms with Gasteiger partial charge in [-0.1, -0.05) is 28.1 Å². The zero-order chi connectivity index (χ0) is 14.5. The van der Waals surface area contributed by atoms with E-state index < -0.39 is 0 Å². The summed E-state index contributed by atoms with van der Waals surface area (Å²) in [5.74, 6) is 0.792. The smallest absolute Gasteiger partial charge is 0.122 e. The molecular formula is C16H15BrN2O. The van der Waals surface area contributed by atoms with Crippen LogP contribution in [0, 0.1) is 11.3 Å². The quantitative estimate of drug-likeness (QED) is 0.897. The van der Waals surface area contributed by atoms with E-state index in [0.717, 1.165) is 21.5 Å². The lowest BCUT2D eigenvalue weighted by Gasteiger charge is -2.17. The number of benzene rings is 2. The number of rotatable bonds is 4. The molecule has 1 atom stereocenters. The monoisotopic (exact) mass is 330 g/mol. The van der Waals surface area contributed by atoms with E-state index in [1.807, 2.05) is 36.4 Å². The van der Waals surface area contributed by atoms with Crippen molar-refractivity contribution in [3.05, 3.63) is 58.1 Å². The van der Waals surface area contributed by atoms with E-state index in [1.165, 1.54) is 0 Å². The molecule has 2 rings (SSSR count). The molecule has 20 heavy (non-hydrogen) atoms. The zero-order valence-corrected chi connectivity index (χ0v) is 12.9. The van der Waals surface area contributed by atoms with Crippen molar-refractivity contribution >= 4 is 21.6 Å². The highest BCUT2D eigenvalue weighted by Crippen LogP contribution is 2.27. The number of nitriles is 1. The van der Waals surface area contributed by atoms with Gasteiger partial charge < -0.3 is 10.1 Å². The highest BCUT2D eigenvalue weighted by atomic mass is 79.9. The third-order valence-electron chi connectivity index (χ3n) is 3.01. The van der Waals surface area contributed by atoms with Crippen molar-refractivity contribution < 1.29 is 4.74 Å². The topological polar surface area (TPSA) is 45.0 Å². The molecule has 0 spiro atoms. The zero-order valence-electron chi connectivity index (χ0n) is 11.4. The summed E-state index contributed by atoms with van der Waals surface area (Å²) in [5, 5.41) is 12.4. The standard InChI is InChI=1S/C16H15BrN2O/c1-11(13-5-3-4-12(6-13)10-18)19-15-7-14(17)8-16(9-15)20-2/h3-9,11,19H,1-2H3. The Hall–Kier alpha value is -1.99. The van der Waals surface area contributed by atoms with Gasteiger partial charge in [0.05, 0.1) is 18.7 Å². The van der Waals surface area contributed by atoms with E-state index >= 15 is 0 Å². The lowest BCUT2D eigenvalue weighted by atomic mass is 10.1. The van der Waals surface area contributed by atoms with Crippen LogP contribution in [-0.2, 0) is 0 Å².